The zero-order valence-electron chi connectivity index (χ0n) is 20.9. The molecule has 0 saturated carbocycles. The Hall–Kier alpha value is -3.90. The van der Waals surface area contributed by atoms with Gasteiger partial charge in [0.2, 0.25) is 16.0 Å². The van der Waals surface area contributed by atoms with Crippen LogP contribution >= 0.6 is 0 Å². The quantitative estimate of drug-likeness (QED) is 0.241. The van der Waals surface area contributed by atoms with Gasteiger partial charge in [-0.25, -0.2) is 13.4 Å². The second-order valence-electron chi connectivity index (χ2n) is 8.57. The van der Waals surface area contributed by atoms with E-state index >= 15 is 0 Å². The fourth-order valence-corrected chi connectivity index (χ4v) is 4.04. The normalized spacial score (nSPS) is 12.9. The molecule has 0 aliphatic heterocycles. The zero-order chi connectivity index (χ0) is 27.0. The van der Waals surface area contributed by atoms with E-state index in [1.54, 1.807) is 12.1 Å². The number of hydrogen-bond acceptors (Lipinski definition) is 7. The minimum Gasteiger partial charge on any atom is -0.385 e. The van der Waals surface area contributed by atoms with Crippen molar-refractivity contribution in [3.63, 3.8) is 0 Å². The monoisotopic (exact) mass is 528 g/mol. The van der Waals surface area contributed by atoms with Crippen molar-refractivity contribution in [3.8, 4) is 0 Å². The van der Waals surface area contributed by atoms with Crippen molar-refractivity contribution >= 4 is 39.2 Å². The molecule has 2 unspecified atom stereocenters. The largest absolute Gasteiger partial charge is 0.385 e. The van der Waals surface area contributed by atoms with E-state index in [9.17, 15) is 23.1 Å². The van der Waals surface area contributed by atoms with E-state index in [2.05, 4.69) is 25.9 Å². The van der Waals surface area contributed by atoms with Gasteiger partial charge in [0.1, 0.15) is 0 Å². The number of benzene rings is 2. The molecule has 1 aromatic heterocycles. The van der Waals surface area contributed by atoms with Crippen LogP contribution in [0.2, 0.25) is 0 Å². The van der Waals surface area contributed by atoms with Crippen molar-refractivity contribution in [3.05, 3.63) is 72.1 Å². The van der Waals surface area contributed by atoms with Crippen LogP contribution in [0.3, 0.4) is 0 Å². The lowest BCUT2D eigenvalue weighted by atomic mass is 10.00. The number of aromatic amines is 1. The molecule has 3 rings (SSSR count). The fraction of sp³-hybridized carbons (Fsp3) is 0.320. The number of nitrogens with zero attached hydrogens (tertiary/aromatic N) is 2. The molecule has 0 fully saturated rings. The second-order valence-corrected chi connectivity index (χ2v) is 10.6. The van der Waals surface area contributed by atoms with Crippen LogP contribution in [0.15, 0.2) is 60.9 Å². The molecule has 11 nitrogen and oxygen atoms in total. The Morgan fingerprint density at radius 2 is 1.89 bits per heavy atom. The van der Waals surface area contributed by atoms with Crippen molar-refractivity contribution in [2.75, 3.05) is 34.8 Å². The van der Waals surface area contributed by atoms with Gasteiger partial charge >= 0.3 is 0 Å². The number of rotatable bonds is 12. The highest BCUT2D eigenvalue weighted by atomic mass is 32.2. The Kier molecular flexibility index (Phi) is 9.25. The third-order valence-corrected chi connectivity index (χ3v) is 6.83. The Bertz CT molecular complexity index is 1300. The molecule has 1 heterocycles. The molecule has 198 valence electrons. The van der Waals surface area contributed by atoms with Gasteiger partial charge < -0.3 is 20.7 Å². The van der Waals surface area contributed by atoms with Gasteiger partial charge in [-0.05, 0) is 36.6 Å². The number of aliphatic hydroxyl groups is 1. The summed E-state index contributed by atoms with van der Waals surface area (Å²) < 4.78 is 25.3. The Labute approximate surface area is 216 Å². The number of anilines is 3. The van der Waals surface area contributed by atoms with E-state index < -0.39 is 34.0 Å². The van der Waals surface area contributed by atoms with Gasteiger partial charge in [-0.15, -0.1) is 0 Å². The summed E-state index contributed by atoms with van der Waals surface area (Å²) in [6.07, 6.45) is 3.44. The molecule has 37 heavy (non-hydrogen) atoms. The zero-order valence-corrected chi connectivity index (χ0v) is 21.7. The fourth-order valence-electron chi connectivity index (χ4n) is 3.56. The van der Waals surface area contributed by atoms with Crippen LogP contribution < -0.4 is 20.3 Å². The van der Waals surface area contributed by atoms with Crippen LogP contribution in [0, 0.1) is 0 Å². The minimum absolute atomic E-state index is 0.164. The smallest absolute Gasteiger partial charge is 0.257 e. The average molecular weight is 529 g/mol. The third kappa shape index (κ3) is 7.79. The molecule has 0 spiro atoms. The molecule has 2 amide bonds. The van der Waals surface area contributed by atoms with E-state index in [4.69, 9.17) is 0 Å². The topological polar surface area (TPSA) is 157 Å². The summed E-state index contributed by atoms with van der Waals surface area (Å²) in [5, 5.41) is 19.3. The van der Waals surface area contributed by atoms with Gasteiger partial charge in [-0.2, -0.15) is 0 Å². The summed E-state index contributed by atoms with van der Waals surface area (Å²) in [7, 11) is -2.18. The number of aliphatic hydroxyl groups excluding tert-OH is 1. The Morgan fingerprint density at radius 3 is 2.51 bits per heavy atom. The molecule has 3 aromatic rings. The molecular formula is C25H32N6O5S. The lowest BCUT2D eigenvalue weighted by molar-refractivity contribution is -0.125. The van der Waals surface area contributed by atoms with Crippen LogP contribution in [-0.2, 0) is 21.2 Å². The first kappa shape index (κ1) is 27.7. The number of imidazole rings is 1. The summed E-state index contributed by atoms with van der Waals surface area (Å²) >= 11 is 0. The predicted molar refractivity (Wildman–Crippen MR) is 143 cm³/mol. The van der Waals surface area contributed by atoms with E-state index in [-0.39, 0.29) is 17.9 Å². The van der Waals surface area contributed by atoms with Crippen LogP contribution in [0.5, 0.6) is 0 Å². The van der Waals surface area contributed by atoms with Crippen molar-refractivity contribution in [2.45, 2.75) is 31.9 Å². The van der Waals surface area contributed by atoms with Gasteiger partial charge in [-0.3, -0.25) is 19.2 Å². The molecule has 0 aliphatic rings. The maximum atomic E-state index is 13.4. The van der Waals surface area contributed by atoms with Crippen molar-refractivity contribution in [2.24, 2.45) is 0 Å². The molecule has 0 aliphatic carbocycles. The summed E-state index contributed by atoms with van der Waals surface area (Å²) in [5.74, 6) is -1.15. The molecule has 5 N–H and O–H groups in total. The highest BCUT2D eigenvalue weighted by Gasteiger charge is 2.29. The summed E-state index contributed by atoms with van der Waals surface area (Å²) in [6.45, 7) is 2.60. The molecule has 2 atom stereocenters. The first-order valence-corrected chi connectivity index (χ1v) is 13.6. The van der Waals surface area contributed by atoms with E-state index in [1.807, 2.05) is 37.3 Å². The van der Waals surface area contributed by atoms with Crippen molar-refractivity contribution < 1.29 is 23.1 Å². The number of carbonyl (C=O) groups is 2. The van der Waals surface area contributed by atoms with Crippen molar-refractivity contribution in [1.82, 2.24) is 15.3 Å². The predicted octanol–water partition coefficient (Wildman–Crippen LogP) is 1.97. The molecule has 12 heteroatoms. The Morgan fingerprint density at radius 1 is 1.16 bits per heavy atom. The minimum atomic E-state index is -3.58. The van der Waals surface area contributed by atoms with Gasteiger partial charge in [0.05, 0.1) is 18.0 Å². The van der Waals surface area contributed by atoms with Crippen molar-refractivity contribution in [1.29, 1.82) is 0 Å². The standard InChI is InChI=1S/C25H32N6O5S/c1-4-10-26-19-14-18(15-20(16-19)31(2)37(3,35)36)23(33)29-21(13-17-8-6-5-7-9-17)22(32)24(34)30-25-27-11-12-28-25/h5-9,11-12,14-16,21-22,26,32H,4,10,13H2,1-3H3,(H,29,33)(H2,27,28,30,34). The lowest BCUT2D eigenvalue weighted by Gasteiger charge is -2.24. The lowest BCUT2D eigenvalue weighted by Crippen LogP contribution is -2.50. The van der Waals surface area contributed by atoms with Gasteiger partial charge in [0, 0.05) is 37.2 Å². The summed E-state index contributed by atoms with van der Waals surface area (Å²) in [5.41, 5.74) is 1.83. The van der Waals surface area contributed by atoms with Gasteiger partial charge in [-0.1, -0.05) is 37.3 Å². The van der Waals surface area contributed by atoms with Crippen LogP contribution in [0.25, 0.3) is 0 Å². The SMILES string of the molecule is CCCNc1cc(C(=O)NC(Cc2ccccc2)C(O)C(=O)Nc2ncc[nH]2)cc(N(C)S(C)(=O)=O)c1. The Balaban J connectivity index is 1.90. The number of sulfonamides is 1. The maximum Gasteiger partial charge on any atom is 0.257 e. The number of nitrogens with one attached hydrogen (secondary N) is 4. The number of aromatic nitrogens is 2. The highest BCUT2D eigenvalue weighted by molar-refractivity contribution is 7.92. The number of H-pyrrole nitrogens is 1. The van der Waals surface area contributed by atoms with Crippen LogP contribution in [0.4, 0.5) is 17.3 Å². The average Bonchev–Trinajstić information content (AvgIpc) is 3.39. The van der Waals surface area contributed by atoms with Gasteiger partial charge in [0.15, 0.2) is 6.10 Å². The van der Waals surface area contributed by atoms with Crippen LogP contribution in [-0.4, -0.2) is 67.3 Å². The molecule has 0 radical (unpaired) electrons. The number of carbonyl (C=O) groups excluding carboxylic acids is 2. The molecule has 0 bridgehead atoms. The molecule has 0 saturated heterocycles. The van der Waals surface area contributed by atoms with E-state index in [1.165, 1.54) is 25.5 Å². The number of amides is 2. The molecule has 2 aromatic carbocycles. The van der Waals surface area contributed by atoms with Gasteiger partial charge in [0.25, 0.3) is 11.8 Å². The van der Waals surface area contributed by atoms with E-state index in [0.29, 0.717) is 17.9 Å². The third-order valence-electron chi connectivity index (χ3n) is 5.62. The van der Waals surface area contributed by atoms with E-state index in [0.717, 1.165) is 22.5 Å². The summed E-state index contributed by atoms with van der Waals surface area (Å²) in [6, 6.07) is 12.8. The highest BCUT2D eigenvalue weighted by Crippen LogP contribution is 2.24. The van der Waals surface area contributed by atoms with Crippen LogP contribution in [0.1, 0.15) is 29.3 Å². The summed E-state index contributed by atoms with van der Waals surface area (Å²) in [4.78, 5) is 32.8. The maximum absolute atomic E-state index is 13.4. The second kappa shape index (κ2) is 12.4. The first-order chi connectivity index (χ1) is 17.6. The first-order valence-electron chi connectivity index (χ1n) is 11.7. The molecular weight excluding hydrogens is 496 g/mol. The number of hydrogen-bond donors (Lipinski definition) is 5.